The summed E-state index contributed by atoms with van der Waals surface area (Å²) in [6, 6.07) is 0. The molecule has 1 saturated carbocycles. The van der Waals surface area contributed by atoms with E-state index in [2.05, 4.69) is 13.8 Å². The van der Waals surface area contributed by atoms with Gasteiger partial charge in [0, 0.05) is 10.7 Å². The van der Waals surface area contributed by atoms with Gasteiger partial charge in [0.15, 0.2) is 0 Å². The second-order valence-corrected chi connectivity index (χ2v) is 9.00. The summed E-state index contributed by atoms with van der Waals surface area (Å²) in [6.07, 6.45) is 5.60. The van der Waals surface area contributed by atoms with Crippen molar-refractivity contribution in [3.05, 3.63) is 0 Å². The molecule has 1 atom stereocenters. The van der Waals surface area contributed by atoms with Crippen LogP contribution >= 0.6 is 10.7 Å². The van der Waals surface area contributed by atoms with E-state index in [1.165, 1.54) is 12.8 Å². The maximum absolute atomic E-state index is 11.0. The molecule has 1 rings (SSSR count). The Labute approximate surface area is 116 Å². The van der Waals surface area contributed by atoms with Crippen LogP contribution in [0, 0.1) is 11.3 Å². The molecule has 1 aliphatic rings. The van der Waals surface area contributed by atoms with Crippen molar-refractivity contribution < 1.29 is 13.2 Å². The first-order chi connectivity index (χ1) is 8.22. The fourth-order valence-corrected chi connectivity index (χ4v) is 3.81. The molecule has 5 heteroatoms. The molecule has 0 aromatic rings. The second kappa shape index (κ2) is 6.58. The van der Waals surface area contributed by atoms with Gasteiger partial charge in [-0.1, -0.05) is 27.2 Å². The highest BCUT2D eigenvalue weighted by molar-refractivity contribution is 8.13. The first kappa shape index (κ1) is 16.3. The van der Waals surface area contributed by atoms with E-state index in [-0.39, 0.29) is 11.7 Å². The highest BCUT2D eigenvalue weighted by Crippen LogP contribution is 2.36. The molecule has 3 nitrogen and oxygen atoms in total. The lowest BCUT2D eigenvalue weighted by Gasteiger charge is -2.34. The lowest BCUT2D eigenvalue weighted by atomic mass is 9.76. The monoisotopic (exact) mass is 296 g/mol. The quantitative estimate of drug-likeness (QED) is 0.704. The fourth-order valence-electron chi connectivity index (χ4n) is 2.38. The van der Waals surface area contributed by atoms with E-state index in [0.29, 0.717) is 18.1 Å². The van der Waals surface area contributed by atoms with Crippen LogP contribution in [0.15, 0.2) is 0 Å². The van der Waals surface area contributed by atoms with Gasteiger partial charge in [0.25, 0.3) is 0 Å². The summed E-state index contributed by atoms with van der Waals surface area (Å²) < 4.78 is 27.9. The van der Waals surface area contributed by atoms with Gasteiger partial charge in [0.1, 0.15) is 0 Å². The lowest BCUT2D eigenvalue weighted by molar-refractivity contribution is -0.00970. The second-order valence-electron chi connectivity index (χ2n) is 6.18. The minimum absolute atomic E-state index is 0.0161. The van der Waals surface area contributed by atoms with Gasteiger partial charge < -0.3 is 4.74 Å². The van der Waals surface area contributed by atoms with Crippen molar-refractivity contribution >= 4 is 19.7 Å². The van der Waals surface area contributed by atoms with E-state index in [1.54, 1.807) is 0 Å². The minimum Gasteiger partial charge on any atom is -0.378 e. The third kappa shape index (κ3) is 6.39. The molecule has 0 aromatic carbocycles. The van der Waals surface area contributed by atoms with Crippen molar-refractivity contribution in [1.29, 1.82) is 0 Å². The van der Waals surface area contributed by atoms with Crippen LogP contribution in [0.5, 0.6) is 0 Å². The zero-order valence-electron chi connectivity index (χ0n) is 11.6. The summed E-state index contributed by atoms with van der Waals surface area (Å²) in [7, 11) is 1.87. The summed E-state index contributed by atoms with van der Waals surface area (Å²) in [5.41, 5.74) is 0.434. The molecule has 0 N–H and O–H groups in total. The van der Waals surface area contributed by atoms with Crippen LogP contribution in [0.2, 0.25) is 0 Å². The zero-order valence-corrected chi connectivity index (χ0v) is 13.2. The molecule has 0 amide bonds. The molecule has 0 radical (unpaired) electrons. The molecule has 0 aliphatic heterocycles. The molecule has 18 heavy (non-hydrogen) atoms. The predicted octanol–water partition coefficient (Wildman–Crippen LogP) is 3.57. The molecule has 0 heterocycles. The van der Waals surface area contributed by atoms with Gasteiger partial charge in [0.05, 0.1) is 18.5 Å². The van der Waals surface area contributed by atoms with E-state index < -0.39 is 9.05 Å². The Morgan fingerprint density at radius 1 is 1.33 bits per heavy atom. The maximum atomic E-state index is 11.0. The van der Waals surface area contributed by atoms with Gasteiger partial charge in [-0.2, -0.15) is 0 Å². The van der Waals surface area contributed by atoms with E-state index in [9.17, 15) is 8.42 Å². The van der Waals surface area contributed by atoms with Gasteiger partial charge in [-0.3, -0.25) is 0 Å². The first-order valence-electron chi connectivity index (χ1n) is 6.76. The van der Waals surface area contributed by atoms with E-state index in [1.807, 2.05) is 6.92 Å². The van der Waals surface area contributed by atoms with Gasteiger partial charge in [-0.15, -0.1) is 0 Å². The smallest absolute Gasteiger partial charge is 0.232 e. The zero-order chi connectivity index (χ0) is 13.8. The van der Waals surface area contributed by atoms with Crippen LogP contribution in [0.1, 0.15) is 52.9 Å². The van der Waals surface area contributed by atoms with Crippen molar-refractivity contribution in [3.8, 4) is 0 Å². The highest BCUT2D eigenvalue weighted by atomic mass is 35.7. The number of halogens is 1. The molecule has 0 aromatic heterocycles. The average Bonchev–Trinajstić information content (AvgIpc) is 2.24. The molecular weight excluding hydrogens is 272 g/mol. The van der Waals surface area contributed by atoms with Gasteiger partial charge in [-0.05, 0) is 37.0 Å². The topological polar surface area (TPSA) is 43.4 Å². The van der Waals surface area contributed by atoms with Crippen molar-refractivity contribution in [1.82, 2.24) is 0 Å². The Morgan fingerprint density at radius 3 is 2.33 bits per heavy atom. The molecule has 1 aliphatic carbocycles. The number of hydrogen-bond acceptors (Lipinski definition) is 3. The van der Waals surface area contributed by atoms with Crippen LogP contribution < -0.4 is 0 Å². The molecule has 0 saturated heterocycles. The Kier molecular flexibility index (Phi) is 5.94. The van der Waals surface area contributed by atoms with Gasteiger partial charge in [0.2, 0.25) is 9.05 Å². The van der Waals surface area contributed by atoms with Crippen LogP contribution in [-0.2, 0) is 13.8 Å². The van der Waals surface area contributed by atoms with E-state index in [4.69, 9.17) is 15.4 Å². The molecular formula is C13H25ClO3S. The Bertz CT molecular complexity index is 341. The third-order valence-corrected chi connectivity index (χ3v) is 5.11. The summed E-state index contributed by atoms with van der Waals surface area (Å²) in [5.74, 6) is 0.0333. The Morgan fingerprint density at radius 2 is 1.89 bits per heavy atom. The third-order valence-electron chi connectivity index (χ3n) is 3.87. The molecule has 0 spiro atoms. The maximum Gasteiger partial charge on any atom is 0.232 e. The molecule has 0 bridgehead atoms. The van der Waals surface area contributed by atoms with E-state index >= 15 is 0 Å². The van der Waals surface area contributed by atoms with Gasteiger partial charge in [-0.25, -0.2) is 8.42 Å². The molecule has 108 valence electrons. The fraction of sp³-hybridized carbons (Fsp3) is 1.00. The minimum atomic E-state index is -3.41. The van der Waals surface area contributed by atoms with Crippen molar-refractivity contribution in [3.63, 3.8) is 0 Å². The lowest BCUT2D eigenvalue weighted by Crippen LogP contribution is -2.29. The summed E-state index contributed by atoms with van der Waals surface area (Å²) >= 11 is 0. The molecule has 1 fully saturated rings. The summed E-state index contributed by atoms with van der Waals surface area (Å²) in [6.45, 7) is 7.06. The predicted molar refractivity (Wildman–Crippen MR) is 75.4 cm³/mol. The van der Waals surface area contributed by atoms with Crippen molar-refractivity contribution in [2.45, 2.75) is 59.0 Å². The largest absolute Gasteiger partial charge is 0.378 e. The van der Waals surface area contributed by atoms with Crippen molar-refractivity contribution in [2.24, 2.45) is 11.3 Å². The summed E-state index contributed by atoms with van der Waals surface area (Å²) in [5, 5.41) is 0. The average molecular weight is 297 g/mol. The summed E-state index contributed by atoms with van der Waals surface area (Å²) in [4.78, 5) is 0. The van der Waals surface area contributed by atoms with E-state index in [0.717, 1.165) is 19.3 Å². The van der Waals surface area contributed by atoms with Crippen LogP contribution in [-0.4, -0.2) is 26.9 Å². The molecule has 1 unspecified atom stereocenters. The van der Waals surface area contributed by atoms with Crippen LogP contribution in [0.4, 0.5) is 0 Å². The normalized spacial score (nSPS) is 22.9. The van der Waals surface area contributed by atoms with Crippen LogP contribution in [0.25, 0.3) is 0 Å². The number of hydrogen-bond donors (Lipinski definition) is 0. The van der Waals surface area contributed by atoms with Crippen molar-refractivity contribution in [2.75, 3.05) is 12.4 Å². The number of ether oxygens (including phenoxy) is 1. The number of rotatable bonds is 6. The Balaban J connectivity index is 2.31. The van der Waals surface area contributed by atoms with Gasteiger partial charge >= 0.3 is 0 Å². The highest BCUT2D eigenvalue weighted by Gasteiger charge is 2.27. The Hall–Kier alpha value is 0.200. The SMILES string of the molecule is CCC(COC1CCC(C)(C)CC1)CS(=O)(=O)Cl. The first-order valence-corrected chi connectivity index (χ1v) is 9.23. The standard InChI is InChI=1S/C13H25ClO3S/c1-4-11(10-18(14,15)16)9-17-12-5-7-13(2,3)8-6-12/h11-12H,4-10H2,1-3H3. The van der Waals surface area contributed by atoms with Crippen LogP contribution in [0.3, 0.4) is 0 Å².